The lowest BCUT2D eigenvalue weighted by Crippen LogP contribution is -2.55. The van der Waals surface area contributed by atoms with E-state index in [1.54, 1.807) is 18.7 Å². The van der Waals surface area contributed by atoms with Crippen LogP contribution in [0.3, 0.4) is 0 Å². The molecule has 118 valence electrons. The van der Waals surface area contributed by atoms with Crippen LogP contribution in [-0.4, -0.2) is 55.8 Å². The van der Waals surface area contributed by atoms with Gasteiger partial charge in [-0.25, -0.2) is 13.1 Å². The van der Waals surface area contributed by atoms with Crippen molar-refractivity contribution < 1.29 is 18.3 Å². The van der Waals surface area contributed by atoms with E-state index in [-0.39, 0.29) is 17.9 Å². The van der Waals surface area contributed by atoms with Crippen molar-refractivity contribution in [2.75, 3.05) is 26.0 Å². The lowest BCUT2D eigenvalue weighted by atomic mass is 9.83. The minimum absolute atomic E-state index is 0.0601. The monoisotopic (exact) mass is 306 g/mol. The molecule has 0 spiro atoms. The third kappa shape index (κ3) is 4.17. The van der Waals surface area contributed by atoms with E-state index in [0.29, 0.717) is 13.1 Å². The number of sulfonamides is 1. The zero-order valence-electron chi connectivity index (χ0n) is 12.8. The van der Waals surface area contributed by atoms with E-state index in [9.17, 15) is 18.3 Å². The van der Waals surface area contributed by atoms with Gasteiger partial charge in [-0.2, -0.15) is 0 Å². The zero-order valence-corrected chi connectivity index (χ0v) is 13.6. The first-order valence-corrected chi connectivity index (χ1v) is 8.83. The molecule has 1 fully saturated rings. The van der Waals surface area contributed by atoms with E-state index in [1.807, 2.05) is 0 Å². The molecule has 1 saturated heterocycles. The summed E-state index contributed by atoms with van der Waals surface area (Å²) in [5.41, 5.74) is -1.39. The minimum Gasteiger partial charge on any atom is -0.396 e. The first kappa shape index (κ1) is 17.4. The average molecular weight is 306 g/mol. The molecule has 1 aliphatic rings. The summed E-state index contributed by atoms with van der Waals surface area (Å²) in [5, 5.41) is 9.59. The highest BCUT2D eigenvalue weighted by molar-refractivity contribution is 7.88. The van der Waals surface area contributed by atoms with Gasteiger partial charge < -0.3 is 10.0 Å². The molecule has 0 aliphatic carbocycles. The molecule has 1 heterocycles. The van der Waals surface area contributed by atoms with Crippen molar-refractivity contribution in [3.05, 3.63) is 0 Å². The molecule has 1 aliphatic heterocycles. The van der Waals surface area contributed by atoms with Gasteiger partial charge in [-0.05, 0) is 26.7 Å². The smallest absolute Gasteiger partial charge is 0.243 e. The Morgan fingerprint density at radius 2 is 2.05 bits per heavy atom. The maximum Gasteiger partial charge on any atom is 0.243 e. The number of aliphatic hydroxyl groups is 1. The Balaban J connectivity index is 2.80. The highest BCUT2D eigenvalue weighted by atomic mass is 32.2. The van der Waals surface area contributed by atoms with Gasteiger partial charge in [0.2, 0.25) is 15.9 Å². The van der Waals surface area contributed by atoms with Crippen LogP contribution in [0.15, 0.2) is 0 Å². The van der Waals surface area contributed by atoms with Crippen LogP contribution in [0.5, 0.6) is 0 Å². The van der Waals surface area contributed by atoms with E-state index < -0.39 is 15.6 Å². The number of nitrogens with zero attached hydrogens (tertiary/aromatic N) is 1. The van der Waals surface area contributed by atoms with E-state index in [0.717, 1.165) is 25.5 Å². The van der Waals surface area contributed by atoms with Gasteiger partial charge >= 0.3 is 0 Å². The summed E-state index contributed by atoms with van der Waals surface area (Å²) >= 11 is 0. The predicted molar refractivity (Wildman–Crippen MR) is 77.7 cm³/mol. The van der Waals surface area contributed by atoms with Crippen LogP contribution in [0.4, 0.5) is 0 Å². The summed E-state index contributed by atoms with van der Waals surface area (Å²) in [6.07, 6.45) is 3.62. The molecule has 6 nitrogen and oxygen atoms in total. The predicted octanol–water partition coefficient (Wildman–Crippen LogP) is 0.325. The highest BCUT2D eigenvalue weighted by Gasteiger charge is 2.43. The van der Waals surface area contributed by atoms with Gasteiger partial charge in [0.05, 0.1) is 12.9 Å². The lowest BCUT2D eigenvalue weighted by molar-refractivity contribution is -0.135. The fourth-order valence-electron chi connectivity index (χ4n) is 2.95. The Kier molecular flexibility index (Phi) is 5.21. The Hall–Kier alpha value is -0.660. The molecule has 0 aromatic rings. The summed E-state index contributed by atoms with van der Waals surface area (Å²) in [6.45, 7) is 6.30. The number of aliphatic hydroxyl groups excluding tert-OH is 1. The SMILES string of the molecule is CCCC1(CO)CCN(C(=O)C(C)(C)NS(C)(=O)=O)C1. The normalized spacial score (nSPS) is 24.1. The Bertz CT molecular complexity index is 461. The lowest BCUT2D eigenvalue weighted by Gasteiger charge is -2.31. The molecule has 2 N–H and O–H groups in total. The van der Waals surface area contributed by atoms with Crippen molar-refractivity contribution in [3.63, 3.8) is 0 Å². The summed E-state index contributed by atoms with van der Waals surface area (Å²) in [6, 6.07) is 0. The Labute approximate surface area is 121 Å². The number of carbonyl (C=O) groups is 1. The number of amides is 1. The highest BCUT2D eigenvalue weighted by Crippen LogP contribution is 2.35. The molecule has 0 radical (unpaired) electrons. The van der Waals surface area contributed by atoms with Crippen LogP contribution < -0.4 is 4.72 Å². The molecule has 0 bridgehead atoms. The molecular weight excluding hydrogens is 280 g/mol. The largest absolute Gasteiger partial charge is 0.396 e. The quantitative estimate of drug-likeness (QED) is 0.740. The topological polar surface area (TPSA) is 86.7 Å². The maximum atomic E-state index is 12.5. The maximum absolute atomic E-state index is 12.5. The van der Waals surface area contributed by atoms with E-state index in [1.165, 1.54) is 0 Å². The number of likely N-dealkylation sites (tertiary alicyclic amines) is 1. The molecule has 1 rings (SSSR count). The van der Waals surface area contributed by atoms with Crippen molar-refractivity contribution in [1.29, 1.82) is 0 Å². The molecule has 1 amide bonds. The van der Waals surface area contributed by atoms with Crippen LogP contribution in [0.2, 0.25) is 0 Å². The van der Waals surface area contributed by atoms with E-state index in [2.05, 4.69) is 11.6 Å². The number of carbonyl (C=O) groups excluding carboxylic acids is 1. The summed E-state index contributed by atoms with van der Waals surface area (Å²) in [7, 11) is -3.45. The zero-order chi connectivity index (χ0) is 15.6. The molecule has 0 saturated carbocycles. The number of nitrogens with one attached hydrogen (secondary N) is 1. The Morgan fingerprint density at radius 1 is 1.45 bits per heavy atom. The minimum atomic E-state index is -3.45. The van der Waals surface area contributed by atoms with Gasteiger partial charge in [-0.15, -0.1) is 0 Å². The van der Waals surface area contributed by atoms with Gasteiger partial charge in [-0.1, -0.05) is 13.3 Å². The van der Waals surface area contributed by atoms with Crippen LogP contribution in [0, 0.1) is 5.41 Å². The second-order valence-electron chi connectivity index (χ2n) is 6.38. The molecule has 1 unspecified atom stereocenters. The van der Waals surface area contributed by atoms with Gasteiger partial charge in [0.25, 0.3) is 0 Å². The summed E-state index contributed by atoms with van der Waals surface area (Å²) < 4.78 is 25.0. The van der Waals surface area contributed by atoms with Gasteiger partial charge in [0.15, 0.2) is 0 Å². The van der Waals surface area contributed by atoms with Crippen LogP contribution in [-0.2, 0) is 14.8 Å². The number of hydrogen-bond acceptors (Lipinski definition) is 4. The second-order valence-corrected chi connectivity index (χ2v) is 8.13. The van der Waals surface area contributed by atoms with Gasteiger partial charge in [0.1, 0.15) is 5.54 Å². The molecule has 1 atom stereocenters. The molecule has 7 heteroatoms. The third-order valence-electron chi connectivity index (χ3n) is 3.82. The van der Waals surface area contributed by atoms with Gasteiger partial charge in [-0.3, -0.25) is 4.79 Å². The Morgan fingerprint density at radius 3 is 2.50 bits per heavy atom. The standard InChI is InChI=1S/C13H26N2O4S/c1-5-6-13(10-16)7-8-15(9-13)11(17)12(2,3)14-20(4,18)19/h14,16H,5-10H2,1-4H3. The molecular formula is C13H26N2O4S. The molecule has 0 aromatic carbocycles. The first-order valence-electron chi connectivity index (χ1n) is 6.94. The van der Waals surface area contributed by atoms with Crippen molar-refractivity contribution in [2.45, 2.75) is 45.6 Å². The summed E-state index contributed by atoms with van der Waals surface area (Å²) in [4.78, 5) is 14.1. The van der Waals surface area contributed by atoms with E-state index in [4.69, 9.17) is 0 Å². The summed E-state index contributed by atoms with van der Waals surface area (Å²) in [5.74, 6) is -0.241. The second kappa shape index (κ2) is 5.99. The van der Waals surface area contributed by atoms with Crippen molar-refractivity contribution in [3.8, 4) is 0 Å². The fourth-order valence-corrected chi connectivity index (χ4v) is 3.97. The van der Waals surface area contributed by atoms with Crippen molar-refractivity contribution in [1.82, 2.24) is 9.62 Å². The molecule has 0 aromatic heterocycles. The third-order valence-corrected chi connectivity index (χ3v) is 4.70. The van der Waals surface area contributed by atoms with Crippen LogP contribution in [0.1, 0.15) is 40.0 Å². The number of rotatable bonds is 6. The van der Waals surface area contributed by atoms with Gasteiger partial charge in [0, 0.05) is 18.5 Å². The van der Waals surface area contributed by atoms with Crippen molar-refractivity contribution in [2.24, 2.45) is 5.41 Å². The first-order chi connectivity index (χ1) is 9.05. The number of hydrogen-bond donors (Lipinski definition) is 2. The average Bonchev–Trinajstić information content (AvgIpc) is 2.70. The fraction of sp³-hybridized carbons (Fsp3) is 0.923. The van der Waals surface area contributed by atoms with Crippen LogP contribution >= 0.6 is 0 Å². The molecule has 20 heavy (non-hydrogen) atoms. The van der Waals surface area contributed by atoms with Crippen LogP contribution in [0.25, 0.3) is 0 Å². The van der Waals surface area contributed by atoms with E-state index >= 15 is 0 Å². The van der Waals surface area contributed by atoms with Crippen molar-refractivity contribution >= 4 is 15.9 Å².